The van der Waals surface area contributed by atoms with Crippen molar-refractivity contribution in [3.8, 4) is 5.75 Å². The number of ether oxygens (including phenoxy) is 1. The van der Waals surface area contributed by atoms with E-state index in [1.54, 1.807) is 7.11 Å². The van der Waals surface area contributed by atoms with Crippen LogP contribution in [0, 0.1) is 0 Å². The monoisotopic (exact) mass is 265 g/mol. The Balaban J connectivity index is 2.55. The number of benzene rings is 1. The van der Waals surface area contributed by atoms with Crippen molar-refractivity contribution in [3.63, 3.8) is 0 Å². The topological polar surface area (TPSA) is 49.8 Å². The third-order valence-electron chi connectivity index (χ3n) is 3.04. The summed E-state index contributed by atoms with van der Waals surface area (Å²) < 4.78 is 5.13. The summed E-state index contributed by atoms with van der Waals surface area (Å²) in [7, 11) is 1.65. The first-order chi connectivity index (χ1) is 9.15. The molecule has 0 fully saturated rings. The molecule has 0 aliphatic rings. The van der Waals surface area contributed by atoms with Gasteiger partial charge in [-0.1, -0.05) is 25.5 Å². The van der Waals surface area contributed by atoms with Gasteiger partial charge in [-0.05, 0) is 30.7 Å². The molecule has 4 heteroatoms. The van der Waals surface area contributed by atoms with E-state index in [-0.39, 0.29) is 6.42 Å². The molecule has 0 bridgehead atoms. The fraction of sp³-hybridized carbons (Fsp3) is 0.533. The number of nitrogens with zero attached hydrogens (tertiary/aromatic N) is 1. The molecule has 19 heavy (non-hydrogen) atoms. The van der Waals surface area contributed by atoms with E-state index in [4.69, 9.17) is 9.84 Å². The van der Waals surface area contributed by atoms with Crippen molar-refractivity contribution >= 4 is 5.97 Å². The summed E-state index contributed by atoms with van der Waals surface area (Å²) in [6.45, 7) is 4.47. The Kier molecular flexibility index (Phi) is 6.97. The van der Waals surface area contributed by atoms with Crippen molar-refractivity contribution in [2.24, 2.45) is 0 Å². The Bertz CT molecular complexity index is 375. The van der Waals surface area contributed by atoms with Crippen molar-refractivity contribution in [2.75, 3.05) is 20.2 Å². The molecule has 0 saturated heterocycles. The number of carboxylic acid groups (broad SMARTS) is 1. The largest absolute Gasteiger partial charge is 0.497 e. The molecule has 1 aromatic carbocycles. The highest BCUT2D eigenvalue weighted by atomic mass is 16.5. The van der Waals surface area contributed by atoms with Gasteiger partial charge in [0, 0.05) is 13.1 Å². The third-order valence-corrected chi connectivity index (χ3v) is 3.04. The maximum Gasteiger partial charge on any atom is 0.304 e. The van der Waals surface area contributed by atoms with Crippen molar-refractivity contribution in [1.82, 2.24) is 4.90 Å². The highest BCUT2D eigenvalue weighted by Gasteiger charge is 2.08. The Hall–Kier alpha value is -1.55. The minimum absolute atomic E-state index is 0.194. The van der Waals surface area contributed by atoms with Crippen LogP contribution >= 0.6 is 0 Å². The SMILES string of the molecule is CCCCN(CCC(=O)O)Cc1ccc(OC)cc1. The molecular weight excluding hydrogens is 242 g/mol. The lowest BCUT2D eigenvalue weighted by molar-refractivity contribution is -0.137. The quantitative estimate of drug-likeness (QED) is 0.746. The molecule has 0 aliphatic heterocycles. The first-order valence-corrected chi connectivity index (χ1v) is 6.72. The zero-order valence-corrected chi connectivity index (χ0v) is 11.8. The summed E-state index contributed by atoms with van der Waals surface area (Å²) in [4.78, 5) is 12.9. The summed E-state index contributed by atoms with van der Waals surface area (Å²) in [6, 6.07) is 7.92. The lowest BCUT2D eigenvalue weighted by atomic mass is 10.2. The minimum Gasteiger partial charge on any atom is -0.497 e. The number of methoxy groups -OCH3 is 1. The van der Waals surface area contributed by atoms with E-state index >= 15 is 0 Å². The molecular formula is C15H23NO3. The van der Waals surface area contributed by atoms with Gasteiger partial charge in [0.1, 0.15) is 5.75 Å². The molecule has 0 spiro atoms. The molecule has 0 heterocycles. The summed E-state index contributed by atoms with van der Waals surface area (Å²) in [6.07, 6.45) is 2.40. The van der Waals surface area contributed by atoms with Gasteiger partial charge in [0.05, 0.1) is 13.5 Å². The number of hydrogen-bond donors (Lipinski definition) is 1. The van der Waals surface area contributed by atoms with Crippen molar-refractivity contribution in [2.45, 2.75) is 32.7 Å². The molecule has 1 N–H and O–H groups in total. The Labute approximate surface area is 115 Å². The molecule has 4 nitrogen and oxygen atoms in total. The Morgan fingerprint density at radius 2 is 1.95 bits per heavy atom. The van der Waals surface area contributed by atoms with Gasteiger partial charge in [-0.3, -0.25) is 9.69 Å². The molecule has 0 saturated carbocycles. The van der Waals surface area contributed by atoms with E-state index in [1.807, 2.05) is 24.3 Å². The highest BCUT2D eigenvalue weighted by Crippen LogP contribution is 2.13. The molecule has 0 atom stereocenters. The zero-order chi connectivity index (χ0) is 14.1. The first-order valence-electron chi connectivity index (χ1n) is 6.72. The van der Waals surface area contributed by atoms with Crippen molar-refractivity contribution in [1.29, 1.82) is 0 Å². The lowest BCUT2D eigenvalue weighted by Crippen LogP contribution is -2.27. The van der Waals surface area contributed by atoms with Gasteiger partial charge in [-0.15, -0.1) is 0 Å². The second kappa shape index (κ2) is 8.53. The molecule has 0 unspecified atom stereocenters. The van der Waals surface area contributed by atoms with Gasteiger partial charge in [0.25, 0.3) is 0 Å². The number of carboxylic acids is 1. The summed E-state index contributed by atoms with van der Waals surface area (Å²) in [5.41, 5.74) is 1.18. The molecule has 106 valence electrons. The zero-order valence-electron chi connectivity index (χ0n) is 11.8. The summed E-state index contributed by atoms with van der Waals surface area (Å²) in [5, 5.41) is 8.78. The summed E-state index contributed by atoms with van der Waals surface area (Å²) in [5.74, 6) is 0.102. The van der Waals surface area contributed by atoms with Crippen LogP contribution in [0.3, 0.4) is 0 Å². The van der Waals surface area contributed by atoms with Crippen LogP contribution in [0.1, 0.15) is 31.7 Å². The highest BCUT2D eigenvalue weighted by molar-refractivity contribution is 5.66. The van der Waals surface area contributed by atoms with E-state index in [0.717, 1.165) is 31.7 Å². The van der Waals surface area contributed by atoms with E-state index in [2.05, 4.69) is 11.8 Å². The van der Waals surface area contributed by atoms with Crippen LogP contribution in [-0.4, -0.2) is 36.2 Å². The average molecular weight is 265 g/mol. The fourth-order valence-corrected chi connectivity index (χ4v) is 1.89. The number of unbranched alkanes of at least 4 members (excludes halogenated alkanes) is 1. The molecule has 0 aliphatic carbocycles. The van der Waals surface area contributed by atoms with Crippen molar-refractivity contribution < 1.29 is 14.6 Å². The van der Waals surface area contributed by atoms with Gasteiger partial charge < -0.3 is 9.84 Å². The minimum atomic E-state index is -0.740. The third kappa shape index (κ3) is 6.25. The van der Waals surface area contributed by atoms with Gasteiger partial charge in [-0.2, -0.15) is 0 Å². The standard InChI is InChI=1S/C15H23NO3/c1-3-4-10-16(11-9-15(17)18)12-13-5-7-14(19-2)8-6-13/h5-8H,3-4,9-12H2,1-2H3,(H,17,18). The second-order valence-electron chi connectivity index (χ2n) is 4.62. The van der Waals surface area contributed by atoms with E-state index in [1.165, 1.54) is 5.56 Å². The van der Waals surface area contributed by atoms with Crippen LogP contribution < -0.4 is 4.74 Å². The lowest BCUT2D eigenvalue weighted by Gasteiger charge is -2.21. The van der Waals surface area contributed by atoms with Crippen LogP contribution in [0.25, 0.3) is 0 Å². The van der Waals surface area contributed by atoms with Crippen LogP contribution in [0.15, 0.2) is 24.3 Å². The van der Waals surface area contributed by atoms with E-state index < -0.39 is 5.97 Å². The number of carbonyl (C=O) groups is 1. The normalized spacial score (nSPS) is 10.7. The van der Waals surface area contributed by atoms with Gasteiger partial charge in [0.2, 0.25) is 0 Å². The van der Waals surface area contributed by atoms with Crippen LogP contribution in [0.2, 0.25) is 0 Å². The predicted octanol–water partition coefficient (Wildman–Crippen LogP) is 2.77. The molecule has 0 radical (unpaired) electrons. The van der Waals surface area contributed by atoms with Gasteiger partial charge >= 0.3 is 5.97 Å². The maximum atomic E-state index is 10.7. The van der Waals surface area contributed by atoms with Gasteiger partial charge in [-0.25, -0.2) is 0 Å². The number of aliphatic carboxylic acids is 1. The Morgan fingerprint density at radius 1 is 1.26 bits per heavy atom. The van der Waals surface area contributed by atoms with E-state index in [9.17, 15) is 4.79 Å². The number of hydrogen-bond acceptors (Lipinski definition) is 3. The number of rotatable bonds is 9. The van der Waals surface area contributed by atoms with Crippen LogP contribution in [0.4, 0.5) is 0 Å². The summed E-state index contributed by atoms with van der Waals surface area (Å²) >= 11 is 0. The molecule has 0 amide bonds. The van der Waals surface area contributed by atoms with Crippen molar-refractivity contribution in [3.05, 3.63) is 29.8 Å². The maximum absolute atomic E-state index is 10.7. The molecule has 1 rings (SSSR count). The first kappa shape index (κ1) is 15.5. The second-order valence-corrected chi connectivity index (χ2v) is 4.62. The molecule has 1 aromatic rings. The smallest absolute Gasteiger partial charge is 0.304 e. The van der Waals surface area contributed by atoms with Crippen LogP contribution in [-0.2, 0) is 11.3 Å². The Morgan fingerprint density at radius 3 is 2.47 bits per heavy atom. The predicted molar refractivity (Wildman–Crippen MR) is 75.4 cm³/mol. The van der Waals surface area contributed by atoms with Gasteiger partial charge in [0.15, 0.2) is 0 Å². The van der Waals surface area contributed by atoms with E-state index in [0.29, 0.717) is 6.54 Å². The van der Waals surface area contributed by atoms with Crippen LogP contribution in [0.5, 0.6) is 5.75 Å². The molecule has 0 aromatic heterocycles. The average Bonchev–Trinajstić information content (AvgIpc) is 2.42. The fourth-order valence-electron chi connectivity index (χ4n) is 1.89.